The van der Waals surface area contributed by atoms with Crippen LogP contribution in [0.15, 0.2) is 18.2 Å². The van der Waals surface area contributed by atoms with E-state index in [1.807, 2.05) is 12.1 Å². The standard InChI is InChI=1S/C15H15NO5/c1-19-13(18)14(4-5-14)9-2-3-11-10(8-9)15(12(17)16-11)20-6-7-21-15/h2-3,8H,4-7H2,1H3,(H,16,17). The van der Waals surface area contributed by atoms with Crippen LogP contribution < -0.4 is 5.32 Å². The molecule has 1 N–H and O–H groups in total. The van der Waals surface area contributed by atoms with Gasteiger partial charge in [0.05, 0.1) is 31.4 Å². The summed E-state index contributed by atoms with van der Waals surface area (Å²) in [4.78, 5) is 24.2. The first-order valence-electron chi connectivity index (χ1n) is 6.95. The van der Waals surface area contributed by atoms with Gasteiger partial charge in [-0.05, 0) is 30.5 Å². The van der Waals surface area contributed by atoms with Gasteiger partial charge < -0.3 is 19.5 Å². The van der Waals surface area contributed by atoms with Gasteiger partial charge in [-0.25, -0.2) is 0 Å². The second kappa shape index (κ2) is 4.05. The van der Waals surface area contributed by atoms with E-state index in [4.69, 9.17) is 14.2 Å². The number of hydrogen-bond donors (Lipinski definition) is 1. The van der Waals surface area contributed by atoms with Crippen molar-refractivity contribution in [3.8, 4) is 0 Å². The molecule has 1 saturated carbocycles. The summed E-state index contributed by atoms with van der Waals surface area (Å²) in [5, 5.41) is 2.77. The minimum absolute atomic E-state index is 0.234. The molecule has 1 saturated heterocycles. The third kappa shape index (κ3) is 1.54. The normalized spacial score (nSPS) is 23.8. The van der Waals surface area contributed by atoms with Crippen LogP contribution >= 0.6 is 0 Å². The molecule has 1 aliphatic carbocycles. The van der Waals surface area contributed by atoms with Crippen LogP contribution in [0, 0.1) is 0 Å². The molecule has 4 rings (SSSR count). The van der Waals surface area contributed by atoms with Crippen LogP contribution in [0.5, 0.6) is 0 Å². The quantitative estimate of drug-likeness (QED) is 0.824. The molecule has 1 spiro atoms. The highest BCUT2D eigenvalue weighted by atomic mass is 16.7. The second-order valence-electron chi connectivity index (χ2n) is 5.60. The molecule has 3 aliphatic rings. The molecule has 1 amide bonds. The number of rotatable bonds is 2. The highest BCUT2D eigenvalue weighted by Gasteiger charge is 2.56. The van der Waals surface area contributed by atoms with Crippen LogP contribution in [0.4, 0.5) is 5.69 Å². The number of fused-ring (bicyclic) bond motifs is 2. The summed E-state index contributed by atoms with van der Waals surface area (Å²) in [6.07, 6.45) is 1.52. The number of benzene rings is 1. The van der Waals surface area contributed by atoms with E-state index in [9.17, 15) is 9.59 Å². The largest absolute Gasteiger partial charge is 0.468 e. The SMILES string of the molecule is COC(=O)C1(c2ccc3c(c2)C2(OCCO2)C(=O)N3)CC1. The van der Waals surface area contributed by atoms with Crippen molar-refractivity contribution in [1.29, 1.82) is 0 Å². The van der Waals surface area contributed by atoms with Gasteiger partial charge in [0.15, 0.2) is 0 Å². The molecule has 6 nitrogen and oxygen atoms in total. The highest BCUT2D eigenvalue weighted by Crippen LogP contribution is 2.52. The molecule has 1 aromatic carbocycles. The van der Waals surface area contributed by atoms with Gasteiger partial charge in [-0.1, -0.05) is 6.07 Å². The number of ether oxygens (including phenoxy) is 3. The average Bonchev–Trinajstić information content (AvgIpc) is 3.08. The predicted molar refractivity (Wildman–Crippen MR) is 71.6 cm³/mol. The first-order chi connectivity index (χ1) is 10.1. The Bertz CT molecular complexity index is 643. The zero-order valence-electron chi connectivity index (χ0n) is 11.6. The van der Waals surface area contributed by atoms with Crippen molar-refractivity contribution in [3.63, 3.8) is 0 Å². The minimum atomic E-state index is -1.35. The molecule has 0 unspecified atom stereocenters. The zero-order chi connectivity index (χ0) is 14.7. The van der Waals surface area contributed by atoms with E-state index in [0.29, 0.717) is 24.5 Å². The lowest BCUT2D eigenvalue weighted by Crippen LogP contribution is -2.35. The fraction of sp³-hybridized carbons (Fsp3) is 0.467. The molecule has 2 fully saturated rings. The first-order valence-corrected chi connectivity index (χ1v) is 6.95. The summed E-state index contributed by atoms with van der Waals surface area (Å²) in [5.41, 5.74) is 1.60. The van der Waals surface area contributed by atoms with Crippen molar-refractivity contribution >= 4 is 17.6 Å². The molecule has 0 atom stereocenters. The molecule has 110 valence electrons. The predicted octanol–water partition coefficient (Wildman–Crippen LogP) is 1.04. The smallest absolute Gasteiger partial charge is 0.316 e. The topological polar surface area (TPSA) is 73.9 Å². The summed E-state index contributed by atoms with van der Waals surface area (Å²) in [6, 6.07) is 5.49. The number of nitrogens with one attached hydrogen (secondary N) is 1. The van der Waals surface area contributed by atoms with Crippen molar-refractivity contribution in [2.75, 3.05) is 25.6 Å². The van der Waals surface area contributed by atoms with E-state index >= 15 is 0 Å². The van der Waals surface area contributed by atoms with Crippen LogP contribution in [0.1, 0.15) is 24.0 Å². The molecule has 0 aromatic heterocycles. The van der Waals surface area contributed by atoms with Gasteiger partial charge in [-0.15, -0.1) is 0 Å². The summed E-state index contributed by atoms with van der Waals surface area (Å²) in [5.74, 6) is -1.89. The highest BCUT2D eigenvalue weighted by molar-refractivity contribution is 6.04. The number of amides is 1. The fourth-order valence-corrected chi connectivity index (χ4v) is 3.18. The Labute approximate surface area is 121 Å². The third-order valence-electron chi connectivity index (χ3n) is 4.49. The van der Waals surface area contributed by atoms with E-state index < -0.39 is 11.2 Å². The van der Waals surface area contributed by atoms with E-state index in [1.165, 1.54) is 7.11 Å². The number of carbonyl (C=O) groups excluding carboxylic acids is 2. The summed E-state index contributed by atoms with van der Waals surface area (Å²) >= 11 is 0. The van der Waals surface area contributed by atoms with Gasteiger partial charge in [0.2, 0.25) is 0 Å². The Balaban J connectivity index is 1.81. The van der Waals surface area contributed by atoms with Crippen LogP contribution in [0.2, 0.25) is 0 Å². The lowest BCUT2D eigenvalue weighted by atomic mass is 9.92. The molecule has 0 radical (unpaired) electrons. The van der Waals surface area contributed by atoms with Crippen molar-refractivity contribution < 1.29 is 23.8 Å². The van der Waals surface area contributed by atoms with E-state index in [0.717, 1.165) is 18.4 Å². The summed E-state index contributed by atoms with van der Waals surface area (Å²) < 4.78 is 16.0. The van der Waals surface area contributed by atoms with Crippen molar-refractivity contribution in [1.82, 2.24) is 0 Å². The van der Waals surface area contributed by atoms with Crippen molar-refractivity contribution in [2.45, 2.75) is 24.0 Å². The van der Waals surface area contributed by atoms with Crippen LogP contribution in [-0.2, 0) is 35.0 Å². The lowest BCUT2D eigenvalue weighted by Gasteiger charge is -2.21. The Morgan fingerprint density at radius 2 is 2.00 bits per heavy atom. The molecule has 1 aromatic rings. The molecule has 2 aliphatic heterocycles. The molecule has 21 heavy (non-hydrogen) atoms. The van der Waals surface area contributed by atoms with Gasteiger partial charge in [0, 0.05) is 5.56 Å². The second-order valence-corrected chi connectivity index (χ2v) is 5.60. The minimum Gasteiger partial charge on any atom is -0.468 e. The fourth-order valence-electron chi connectivity index (χ4n) is 3.18. The van der Waals surface area contributed by atoms with E-state index in [-0.39, 0.29) is 11.9 Å². The first kappa shape index (κ1) is 12.8. The molecular formula is C15H15NO5. The molecule has 0 bridgehead atoms. The Morgan fingerprint density at radius 3 is 2.62 bits per heavy atom. The summed E-state index contributed by atoms with van der Waals surface area (Å²) in [6.45, 7) is 0.748. The van der Waals surface area contributed by atoms with Crippen molar-refractivity contribution in [3.05, 3.63) is 29.3 Å². The number of hydrogen-bond acceptors (Lipinski definition) is 5. The van der Waals surface area contributed by atoms with Crippen molar-refractivity contribution in [2.24, 2.45) is 0 Å². The van der Waals surface area contributed by atoms with Gasteiger partial charge >= 0.3 is 5.97 Å². The van der Waals surface area contributed by atoms with Crippen LogP contribution in [0.3, 0.4) is 0 Å². The zero-order valence-corrected chi connectivity index (χ0v) is 11.6. The van der Waals surface area contributed by atoms with Gasteiger partial charge in [0.1, 0.15) is 0 Å². The van der Waals surface area contributed by atoms with Gasteiger partial charge in [0.25, 0.3) is 11.7 Å². The van der Waals surface area contributed by atoms with E-state index in [1.54, 1.807) is 6.07 Å². The Kier molecular flexibility index (Phi) is 2.47. The monoisotopic (exact) mass is 289 g/mol. The summed E-state index contributed by atoms with van der Waals surface area (Å²) in [7, 11) is 1.39. The molecular weight excluding hydrogens is 274 g/mol. The van der Waals surface area contributed by atoms with Gasteiger partial charge in [-0.3, -0.25) is 9.59 Å². The van der Waals surface area contributed by atoms with Gasteiger partial charge in [-0.2, -0.15) is 0 Å². The maximum absolute atomic E-state index is 12.2. The van der Waals surface area contributed by atoms with Crippen LogP contribution in [0.25, 0.3) is 0 Å². The maximum Gasteiger partial charge on any atom is 0.316 e. The number of esters is 1. The maximum atomic E-state index is 12.2. The Hall–Kier alpha value is -1.92. The Morgan fingerprint density at radius 1 is 1.29 bits per heavy atom. The average molecular weight is 289 g/mol. The van der Waals surface area contributed by atoms with E-state index in [2.05, 4.69) is 5.32 Å². The number of carbonyl (C=O) groups is 2. The lowest BCUT2D eigenvalue weighted by molar-refractivity contribution is -0.178. The number of methoxy groups -OCH3 is 1. The molecule has 6 heteroatoms. The third-order valence-corrected chi connectivity index (χ3v) is 4.49. The van der Waals surface area contributed by atoms with Crippen LogP contribution in [-0.4, -0.2) is 32.2 Å². The number of anilines is 1. The molecule has 2 heterocycles.